The molecule has 2 heterocycles. The van der Waals surface area contributed by atoms with E-state index in [0.29, 0.717) is 24.1 Å². The Balaban J connectivity index is 2.08. The molecule has 0 spiro atoms. The van der Waals surface area contributed by atoms with Crippen LogP contribution in [-0.2, 0) is 21.9 Å². The molecular formula is C14H16Cl2N2O2. The van der Waals surface area contributed by atoms with Gasteiger partial charge in [0, 0.05) is 20.1 Å². The van der Waals surface area contributed by atoms with E-state index in [9.17, 15) is 0 Å². The van der Waals surface area contributed by atoms with Crippen LogP contribution in [0.4, 0.5) is 0 Å². The van der Waals surface area contributed by atoms with Gasteiger partial charge in [0.05, 0.1) is 29.6 Å². The lowest BCUT2D eigenvalue weighted by molar-refractivity contribution is -0.0291. The van der Waals surface area contributed by atoms with Crippen LogP contribution in [0.3, 0.4) is 0 Å². The van der Waals surface area contributed by atoms with E-state index >= 15 is 0 Å². The number of alkyl halides is 1. The minimum Gasteiger partial charge on any atom is -0.378 e. The molecule has 4 nitrogen and oxygen atoms in total. The van der Waals surface area contributed by atoms with E-state index in [2.05, 4.69) is 9.55 Å². The molecule has 1 aliphatic rings. The first kappa shape index (κ1) is 14.1. The smallest absolute Gasteiger partial charge is 0.125 e. The number of hydrogen-bond acceptors (Lipinski definition) is 3. The molecule has 1 aromatic heterocycles. The number of para-hydroxylation sites is 1. The first-order valence-corrected chi connectivity index (χ1v) is 7.43. The first-order chi connectivity index (χ1) is 9.69. The Labute approximate surface area is 127 Å². The maximum atomic E-state index is 6.21. The van der Waals surface area contributed by atoms with Crippen LogP contribution < -0.4 is 0 Å². The fourth-order valence-electron chi connectivity index (χ4n) is 2.67. The topological polar surface area (TPSA) is 36.3 Å². The Hall–Kier alpha value is -0.810. The quantitative estimate of drug-likeness (QED) is 0.813. The van der Waals surface area contributed by atoms with Gasteiger partial charge in [-0.3, -0.25) is 0 Å². The zero-order valence-electron chi connectivity index (χ0n) is 11.2. The molecule has 6 heteroatoms. The molecule has 3 rings (SSSR count). The SMILES string of the molecule is COC1(Cn2c(CCl)nc3c(Cl)cccc32)CCOC1. The minimum absolute atomic E-state index is 0.309. The van der Waals surface area contributed by atoms with Crippen LogP contribution in [0.15, 0.2) is 18.2 Å². The summed E-state index contributed by atoms with van der Waals surface area (Å²) in [5.41, 5.74) is 1.46. The lowest BCUT2D eigenvalue weighted by Crippen LogP contribution is -2.37. The normalized spacial score (nSPS) is 22.8. The molecule has 20 heavy (non-hydrogen) atoms. The van der Waals surface area contributed by atoms with Gasteiger partial charge in [0.15, 0.2) is 0 Å². The molecule has 1 unspecified atom stereocenters. The summed E-state index contributed by atoms with van der Waals surface area (Å²) >= 11 is 12.2. The molecule has 1 aliphatic heterocycles. The average Bonchev–Trinajstić information content (AvgIpc) is 3.06. The molecule has 0 radical (unpaired) electrons. The lowest BCUT2D eigenvalue weighted by Gasteiger charge is -2.27. The molecular weight excluding hydrogens is 299 g/mol. The van der Waals surface area contributed by atoms with Crippen molar-refractivity contribution in [2.75, 3.05) is 20.3 Å². The first-order valence-electron chi connectivity index (χ1n) is 6.51. The Morgan fingerprint density at radius 1 is 1.50 bits per heavy atom. The van der Waals surface area contributed by atoms with E-state index in [0.717, 1.165) is 29.9 Å². The number of methoxy groups -OCH3 is 1. The second-order valence-corrected chi connectivity index (χ2v) is 5.72. The zero-order chi connectivity index (χ0) is 14.2. The standard InChI is InChI=1S/C14H16Cl2N2O2/c1-19-14(5-6-20-9-14)8-18-11-4-2-3-10(16)13(11)17-12(18)7-15/h2-4H,5-9H2,1H3. The summed E-state index contributed by atoms with van der Waals surface area (Å²) in [5, 5.41) is 0.641. The zero-order valence-corrected chi connectivity index (χ0v) is 12.7. The van der Waals surface area contributed by atoms with Crippen LogP contribution in [0.25, 0.3) is 11.0 Å². The monoisotopic (exact) mass is 314 g/mol. The van der Waals surface area contributed by atoms with Crippen LogP contribution in [0.1, 0.15) is 12.2 Å². The summed E-state index contributed by atoms with van der Waals surface area (Å²) in [6.07, 6.45) is 0.867. The minimum atomic E-state index is -0.309. The predicted molar refractivity (Wildman–Crippen MR) is 79.5 cm³/mol. The number of aromatic nitrogens is 2. The maximum absolute atomic E-state index is 6.21. The van der Waals surface area contributed by atoms with Crippen LogP contribution >= 0.6 is 23.2 Å². The lowest BCUT2D eigenvalue weighted by atomic mass is 10.0. The second-order valence-electron chi connectivity index (χ2n) is 5.05. The highest BCUT2D eigenvalue weighted by molar-refractivity contribution is 6.35. The second kappa shape index (κ2) is 5.53. The van der Waals surface area contributed by atoms with Crippen molar-refractivity contribution in [3.63, 3.8) is 0 Å². The van der Waals surface area contributed by atoms with E-state index in [1.807, 2.05) is 18.2 Å². The number of halogens is 2. The van der Waals surface area contributed by atoms with Gasteiger partial charge in [-0.05, 0) is 12.1 Å². The predicted octanol–water partition coefficient (Wildman–Crippen LogP) is 3.23. The maximum Gasteiger partial charge on any atom is 0.125 e. The molecule has 0 N–H and O–H groups in total. The molecule has 1 atom stereocenters. The molecule has 1 saturated heterocycles. The molecule has 1 fully saturated rings. The summed E-state index contributed by atoms with van der Waals surface area (Å²) in [6.45, 7) is 1.98. The molecule has 0 bridgehead atoms. The molecule has 1 aromatic carbocycles. The van der Waals surface area contributed by atoms with Gasteiger partial charge < -0.3 is 14.0 Å². The number of rotatable bonds is 4. The van der Waals surface area contributed by atoms with E-state index in [-0.39, 0.29) is 5.60 Å². The van der Waals surface area contributed by atoms with Gasteiger partial charge >= 0.3 is 0 Å². The summed E-state index contributed by atoms with van der Waals surface area (Å²) in [6, 6.07) is 5.76. The number of hydrogen-bond donors (Lipinski definition) is 0. The molecule has 2 aromatic rings. The van der Waals surface area contributed by atoms with Crippen molar-refractivity contribution in [2.24, 2.45) is 0 Å². The van der Waals surface area contributed by atoms with E-state index in [1.165, 1.54) is 0 Å². The number of imidazole rings is 1. The highest BCUT2D eigenvalue weighted by atomic mass is 35.5. The summed E-state index contributed by atoms with van der Waals surface area (Å²) < 4.78 is 13.3. The van der Waals surface area contributed by atoms with Gasteiger partial charge in [-0.15, -0.1) is 11.6 Å². The summed E-state index contributed by atoms with van der Waals surface area (Å²) in [4.78, 5) is 4.54. The van der Waals surface area contributed by atoms with Crippen molar-refractivity contribution in [3.05, 3.63) is 29.0 Å². The van der Waals surface area contributed by atoms with Gasteiger partial charge in [0.2, 0.25) is 0 Å². The highest BCUT2D eigenvalue weighted by Crippen LogP contribution is 2.30. The number of benzene rings is 1. The Morgan fingerprint density at radius 2 is 2.35 bits per heavy atom. The van der Waals surface area contributed by atoms with Gasteiger partial charge in [-0.2, -0.15) is 0 Å². The fourth-order valence-corrected chi connectivity index (χ4v) is 3.08. The van der Waals surface area contributed by atoms with Crippen molar-refractivity contribution in [2.45, 2.75) is 24.4 Å². The van der Waals surface area contributed by atoms with Crippen LogP contribution in [0.2, 0.25) is 5.02 Å². The molecule has 0 saturated carbocycles. The third kappa shape index (κ3) is 2.31. The van der Waals surface area contributed by atoms with Crippen LogP contribution in [-0.4, -0.2) is 35.5 Å². The summed E-state index contributed by atoms with van der Waals surface area (Å²) in [7, 11) is 1.72. The Bertz CT molecular complexity index is 621. The van der Waals surface area contributed by atoms with Gasteiger partial charge in [-0.25, -0.2) is 4.98 Å². The van der Waals surface area contributed by atoms with E-state index in [4.69, 9.17) is 32.7 Å². The molecule has 0 amide bonds. The fraction of sp³-hybridized carbons (Fsp3) is 0.500. The number of nitrogens with zero attached hydrogens (tertiary/aromatic N) is 2. The van der Waals surface area contributed by atoms with E-state index < -0.39 is 0 Å². The van der Waals surface area contributed by atoms with Crippen molar-refractivity contribution in [3.8, 4) is 0 Å². The van der Waals surface area contributed by atoms with Crippen molar-refractivity contribution < 1.29 is 9.47 Å². The van der Waals surface area contributed by atoms with Gasteiger partial charge in [-0.1, -0.05) is 17.7 Å². The highest BCUT2D eigenvalue weighted by Gasteiger charge is 2.36. The largest absolute Gasteiger partial charge is 0.378 e. The average molecular weight is 315 g/mol. The van der Waals surface area contributed by atoms with Crippen LogP contribution in [0, 0.1) is 0 Å². The summed E-state index contributed by atoms with van der Waals surface area (Å²) in [5.74, 6) is 1.14. The molecule has 108 valence electrons. The number of ether oxygens (including phenoxy) is 2. The molecule has 0 aliphatic carbocycles. The van der Waals surface area contributed by atoms with Crippen molar-refractivity contribution >= 4 is 34.2 Å². The van der Waals surface area contributed by atoms with Crippen LogP contribution in [0.5, 0.6) is 0 Å². The third-order valence-electron chi connectivity index (χ3n) is 3.87. The van der Waals surface area contributed by atoms with Crippen molar-refractivity contribution in [1.82, 2.24) is 9.55 Å². The van der Waals surface area contributed by atoms with Gasteiger partial charge in [0.25, 0.3) is 0 Å². The Kier molecular flexibility index (Phi) is 3.91. The Morgan fingerprint density at radius 3 is 3.00 bits per heavy atom. The van der Waals surface area contributed by atoms with E-state index in [1.54, 1.807) is 7.11 Å². The van der Waals surface area contributed by atoms with Gasteiger partial charge in [0.1, 0.15) is 16.9 Å². The third-order valence-corrected chi connectivity index (χ3v) is 4.42. The number of fused-ring (bicyclic) bond motifs is 1. The van der Waals surface area contributed by atoms with Crippen molar-refractivity contribution in [1.29, 1.82) is 0 Å².